The van der Waals surface area contributed by atoms with E-state index in [-0.39, 0.29) is 25.2 Å². The van der Waals surface area contributed by atoms with Crippen LogP contribution in [0.4, 0.5) is 17.6 Å². The number of nitrogens with zero attached hydrogens (tertiary/aromatic N) is 2. The number of carbonyl (C=O) groups excluding carboxylic acids is 1. The lowest BCUT2D eigenvalue weighted by molar-refractivity contribution is -0.137. The standard InChI is InChI=1S/C27H22F4N2O/c28-25-14-5-4-13-24(25)26(34)33(17-20-8-2-1-3-9-20)19-23-12-7-15-32(23)18-21-10-6-11-22(16-21)27(29,30)31/h1-16H,17-19H2. The molecule has 1 amide bonds. The van der Waals surface area contributed by atoms with Crippen molar-refractivity contribution in [3.05, 3.63) is 131 Å². The SMILES string of the molecule is O=C(c1ccccc1F)N(Cc1ccccc1)Cc1cccn1Cc1cccc(C(F)(F)F)c1. The topological polar surface area (TPSA) is 25.2 Å². The maximum Gasteiger partial charge on any atom is 0.416 e. The predicted molar refractivity (Wildman–Crippen MR) is 121 cm³/mol. The zero-order chi connectivity index (χ0) is 24.1. The van der Waals surface area contributed by atoms with Crippen LogP contribution in [0.5, 0.6) is 0 Å². The van der Waals surface area contributed by atoms with Gasteiger partial charge in [0.2, 0.25) is 0 Å². The molecule has 0 fully saturated rings. The molecular weight excluding hydrogens is 444 g/mol. The Morgan fingerprint density at radius 1 is 0.794 bits per heavy atom. The summed E-state index contributed by atoms with van der Waals surface area (Å²) < 4.78 is 55.5. The maximum atomic E-state index is 14.4. The first-order chi connectivity index (χ1) is 16.3. The molecule has 0 atom stereocenters. The van der Waals surface area contributed by atoms with Crippen LogP contribution in [0.15, 0.2) is 97.2 Å². The molecule has 0 saturated carbocycles. The number of amides is 1. The Bertz CT molecular complexity index is 1260. The molecule has 0 bridgehead atoms. The summed E-state index contributed by atoms with van der Waals surface area (Å²) in [6, 6.07) is 23.9. The molecule has 0 N–H and O–H groups in total. The minimum absolute atomic E-state index is 0.0329. The van der Waals surface area contributed by atoms with Crippen molar-refractivity contribution in [1.29, 1.82) is 0 Å². The molecular formula is C27H22F4N2O. The van der Waals surface area contributed by atoms with Gasteiger partial charge >= 0.3 is 6.18 Å². The van der Waals surface area contributed by atoms with Crippen molar-refractivity contribution in [2.75, 3.05) is 0 Å². The molecule has 3 nitrogen and oxygen atoms in total. The molecule has 0 radical (unpaired) electrons. The number of alkyl halides is 3. The second kappa shape index (κ2) is 9.95. The Kier molecular flexibility index (Phi) is 6.82. The van der Waals surface area contributed by atoms with Gasteiger partial charge in [0, 0.05) is 25.0 Å². The molecule has 4 rings (SSSR count). The highest BCUT2D eigenvalue weighted by atomic mass is 19.4. The van der Waals surface area contributed by atoms with Crippen molar-refractivity contribution in [2.24, 2.45) is 0 Å². The summed E-state index contributed by atoms with van der Waals surface area (Å²) in [7, 11) is 0. The molecule has 0 aliphatic rings. The summed E-state index contributed by atoms with van der Waals surface area (Å²) in [5.41, 5.74) is 1.34. The Morgan fingerprint density at radius 2 is 1.50 bits per heavy atom. The third kappa shape index (κ3) is 5.54. The third-order valence-corrected chi connectivity index (χ3v) is 5.49. The molecule has 0 aliphatic carbocycles. The molecule has 1 heterocycles. The van der Waals surface area contributed by atoms with E-state index in [9.17, 15) is 22.4 Å². The Labute approximate surface area is 194 Å². The largest absolute Gasteiger partial charge is 0.416 e. The van der Waals surface area contributed by atoms with Crippen LogP contribution in [0.25, 0.3) is 0 Å². The van der Waals surface area contributed by atoms with E-state index in [2.05, 4.69) is 0 Å². The zero-order valence-corrected chi connectivity index (χ0v) is 18.2. The summed E-state index contributed by atoms with van der Waals surface area (Å²) >= 11 is 0. The number of carbonyl (C=O) groups is 1. The van der Waals surface area contributed by atoms with Gasteiger partial charge in [-0.1, -0.05) is 54.6 Å². The third-order valence-electron chi connectivity index (χ3n) is 5.49. The fourth-order valence-corrected chi connectivity index (χ4v) is 3.79. The Morgan fingerprint density at radius 3 is 2.24 bits per heavy atom. The van der Waals surface area contributed by atoms with Crippen LogP contribution >= 0.6 is 0 Å². The summed E-state index contributed by atoms with van der Waals surface area (Å²) in [6.45, 7) is 0.621. The van der Waals surface area contributed by atoms with Gasteiger partial charge in [-0.3, -0.25) is 4.79 Å². The fourth-order valence-electron chi connectivity index (χ4n) is 3.79. The molecule has 3 aromatic carbocycles. The molecule has 0 aliphatic heterocycles. The first-order valence-corrected chi connectivity index (χ1v) is 10.7. The highest BCUT2D eigenvalue weighted by molar-refractivity contribution is 5.94. The van der Waals surface area contributed by atoms with E-state index in [0.717, 1.165) is 23.4 Å². The van der Waals surface area contributed by atoms with Gasteiger partial charge in [0.25, 0.3) is 5.91 Å². The van der Waals surface area contributed by atoms with Crippen LogP contribution < -0.4 is 0 Å². The van der Waals surface area contributed by atoms with Gasteiger partial charge in [0.15, 0.2) is 0 Å². The van der Waals surface area contributed by atoms with Gasteiger partial charge in [-0.15, -0.1) is 0 Å². The van der Waals surface area contributed by atoms with Crippen LogP contribution in [0.3, 0.4) is 0 Å². The average molecular weight is 466 g/mol. The highest BCUT2D eigenvalue weighted by Crippen LogP contribution is 2.30. The van der Waals surface area contributed by atoms with E-state index in [1.54, 1.807) is 35.0 Å². The number of benzene rings is 3. The van der Waals surface area contributed by atoms with E-state index < -0.39 is 23.5 Å². The number of halogens is 4. The summed E-state index contributed by atoms with van der Waals surface area (Å²) in [6.07, 6.45) is -2.67. The van der Waals surface area contributed by atoms with Gasteiger partial charge in [-0.2, -0.15) is 13.2 Å². The van der Waals surface area contributed by atoms with Gasteiger partial charge in [0.05, 0.1) is 17.7 Å². The lowest BCUT2D eigenvalue weighted by Gasteiger charge is -2.24. The van der Waals surface area contributed by atoms with Crippen LogP contribution in [-0.4, -0.2) is 15.4 Å². The maximum absolute atomic E-state index is 14.4. The van der Waals surface area contributed by atoms with Crippen LogP contribution in [0.1, 0.15) is 32.7 Å². The smallest absolute Gasteiger partial charge is 0.345 e. The van der Waals surface area contributed by atoms with Crippen LogP contribution in [0, 0.1) is 5.82 Å². The second-order valence-corrected chi connectivity index (χ2v) is 7.95. The lowest BCUT2D eigenvalue weighted by Crippen LogP contribution is -2.31. The number of hydrogen-bond donors (Lipinski definition) is 0. The van der Waals surface area contributed by atoms with Gasteiger partial charge < -0.3 is 9.47 Å². The number of hydrogen-bond acceptors (Lipinski definition) is 1. The second-order valence-electron chi connectivity index (χ2n) is 7.95. The highest BCUT2D eigenvalue weighted by Gasteiger charge is 2.30. The van der Waals surface area contributed by atoms with Crippen LogP contribution in [-0.2, 0) is 25.8 Å². The monoisotopic (exact) mass is 466 g/mol. The molecule has 34 heavy (non-hydrogen) atoms. The first kappa shape index (κ1) is 23.3. The molecule has 0 unspecified atom stereocenters. The molecule has 1 aromatic heterocycles. The fraction of sp³-hybridized carbons (Fsp3) is 0.148. The van der Waals surface area contributed by atoms with Crippen molar-refractivity contribution >= 4 is 5.91 Å². The van der Waals surface area contributed by atoms with Crippen molar-refractivity contribution in [3.8, 4) is 0 Å². The molecule has 0 spiro atoms. The molecule has 0 saturated heterocycles. The van der Waals surface area contributed by atoms with Crippen molar-refractivity contribution in [1.82, 2.24) is 9.47 Å². The van der Waals surface area contributed by atoms with Crippen LogP contribution in [0.2, 0.25) is 0 Å². The van der Waals surface area contributed by atoms with Gasteiger partial charge in [-0.05, 0) is 47.5 Å². The summed E-state index contributed by atoms with van der Waals surface area (Å²) in [5.74, 6) is -1.07. The van der Waals surface area contributed by atoms with Gasteiger partial charge in [0.1, 0.15) is 5.82 Å². The quantitative estimate of drug-likeness (QED) is 0.284. The molecule has 174 valence electrons. The van der Waals surface area contributed by atoms with Crippen molar-refractivity contribution in [3.63, 3.8) is 0 Å². The lowest BCUT2D eigenvalue weighted by atomic mass is 10.1. The minimum Gasteiger partial charge on any atom is -0.345 e. The summed E-state index contributed by atoms with van der Waals surface area (Å²) in [4.78, 5) is 14.8. The van der Waals surface area contributed by atoms with E-state index >= 15 is 0 Å². The summed E-state index contributed by atoms with van der Waals surface area (Å²) in [5, 5.41) is 0. The Balaban J connectivity index is 1.61. The van der Waals surface area contributed by atoms with Crippen molar-refractivity contribution < 1.29 is 22.4 Å². The first-order valence-electron chi connectivity index (χ1n) is 10.7. The zero-order valence-electron chi connectivity index (χ0n) is 18.2. The van der Waals surface area contributed by atoms with E-state index in [1.807, 2.05) is 30.3 Å². The minimum atomic E-state index is -4.42. The van der Waals surface area contributed by atoms with E-state index in [0.29, 0.717) is 5.56 Å². The normalized spacial score (nSPS) is 11.4. The van der Waals surface area contributed by atoms with E-state index in [4.69, 9.17) is 0 Å². The Hall–Kier alpha value is -3.87. The number of rotatable bonds is 7. The molecule has 7 heteroatoms. The number of aromatic nitrogens is 1. The van der Waals surface area contributed by atoms with Crippen molar-refractivity contribution in [2.45, 2.75) is 25.8 Å². The average Bonchev–Trinajstić information content (AvgIpc) is 3.25. The van der Waals surface area contributed by atoms with E-state index in [1.165, 1.54) is 29.2 Å². The predicted octanol–water partition coefficient (Wildman–Crippen LogP) is 6.54. The van der Waals surface area contributed by atoms with Gasteiger partial charge in [-0.25, -0.2) is 4.39 Å². The molecule has 4 aromatic rings.